The minimum absolute atomic E-state index is 0.188. The zero-order chi connectivity index (χ0) is 17.9. The standard InChI is InChI=1S/C18H27N3O4/c1-2-20-8-5-15(11-16(20)22)17(23)21-9-10-25-14-18(24,13-21)12-19-6-3-4-7-19/h5,8,11,24H,2-4,6-7,9-10,12-14H2,1H3. The number of aliphatic hydroxyl groups is 1. The first kappa shape index (κ1) is 18.1. The number of ether oxygens (including phenoxy) is 1. The number of nitrogens with zero attached hydrogens (tertiary/aromatic N) is 3. The SMILES string of the molecule is CCn1ccc(C(=O)N2CCOCC(O)(CN3CCCC3)C2)cc1=O. The van der Waals surface area contributed by atoms with Crippen molar-refractivity contribution in [3.05, 3.63) is 34.2 Å². The number of rotatable bonds is 4. The Labute approximate surface area is 147 Å². The van der Waals surface area contributed by atoms with Crippen molar-refractivity contribution in [1.29, 1.82) is 0 Å². The Hall–Kier alpha value is -1.70. The minimum atomic E-state index is -1.07. The fraction of sp³-hybridized carbons (Fsp3) is 0.667. The molecule has 7 heteroatoms. The number of β-amino-alcohol motifs (C(OH)–C–C–N with tert-alkyl or cyclic N) is 1. The Morgan fingerprint density at radius 3 is 2.76 bits per heavy atom. The molecule has 2 saturated heterocycles. The largest absolute Gasteiger partial charge is 0.384 e. The van der Waals surface area contributed by atoms with Gasteiger partial charge in [-0.15, -0.1) is 0 Å². The van der Waals surface area contributed by atoms with Crippen LogP contribution >= 0.6 is 0 Å². The van der Waals surface area contributed by atoms with Crippen LogP contribution in [-0.4, -0.2) is 76.9 Å². The quantitative estimate of drug-likeness (QED) is 0.839. The first-order valence-electron chi connectivity index (χ1n) is 9.03. The van der Waals surface area contributed by atoms with E-state index >= 15 is 0 Å². The second-order valence-electron chi connectivity index (χ2n) is 7.03. The highest BCUT2D eigenvalue weighted by Gasteiger charge is 2.36. The number of carbonyl (C=O) groups excluding carboxylic acids is 1. The molecule has 1 aromatic rings. The molecule has 1 aromatic heterocycles. The summed E-state index contributed by atoms with van der Waals surface area (Å²) in [4.78, 5) is 28.6. The van der Waals surface area contributed by atoms with E-state index in [4.69, 9.17) is 4.74 Å². The molecule has 0 saturated carbocycles. The second-order valence-corrected chi connectivity index (χ2v) is 7.03. The summed E-state index contributed by atoms with van der Waals surface area (Å²) in [6.07, 6.45) is 3.93. The summed E-state index contributed by atoms with van der Waals surface area (Å²) in [6, 6.07) is 3.04. The van der Waals surface area contributed by atoms with Crippen molar-refractivity contribution in [3.8, 4) is 0 Å². The second kappa shape index (κ2) is 7.68. The normalized spacial score (nSPS) is 25.1. The molecule has 0 spiro atoms. The third-order valence-electron chi connectivity index (χ3n) is 4.95. The van der Waals surface area contributed by atoms with Gasteiger partial charge in [0.05, 0.1) is 19.8 Å². The predicted molar refractivity (Wildman–Crippen MR) is 93.7 cm³/mol. The van der Waals surface area contributed by atoms with Gasteiger partial charge in [0.15, 0.2) is 0 Å². The van der Waals surface area contributed by atoms with Crippen LogP contribution in [-0.2, 0) is 11.3 Å². The Balaban J connectivity index is 1.74. The maximum Gasteiger partial charge on any atom is 0.254 e. The predicted octanol–water partition coefficient (Wildman–Crippen LogP) is 0.168. The van der Waals surface area contributed by atoms with Crippen LogP contribution in [0.5, 0.6) is 0 Å². The van der Waals surface area contributed by atoms with Gasteiger partial charge < -0.3 is 24.2 Å². The van der Waals surface area contributed by atoms with Crippen LogP contribution in [0.1, 0.15) is 30.1 Å². The average molecular weight is 349 g/mol. The van der Waals surface area contributed by atoms with Gasteiger partial charge in [0.1, 0.15) is 5.60 Å². The zero-order valence-electron chi connectivity index (χ0n) is 14.8. The van der Waals surface area contributed by atoms with Gasteiger partial charge in [-0.2, -0.15) is 0 Å². The number of hydrogen-bond donors (Lipinski definition) is 1. The van der Waals surface area contributed by atoms with Crippen LogP contribution in [0.2, 0.25) is 0 Å². The van der Waals surface area contributed by atoms with Gasteiger partial charge in [-0.25, -0.2) is 0 Å². The number of aromatic nitrogens is 1. The summed E-state index contributed by atoms with van der Waals surface area (Å²) >= 11 is 0. The van der Waals surface area contributed by atoms with Crippen LogP contribution in [0, 0.1) is 0 Å². The maximum absolute atomic E-state index is 12.8. The molecule has 0 radical (unpaired) electrons. The maximum atomic E-state index is 12.8. The molecule has 0 aromatic carbocycles. The molecule has 0 aliphatic carbocycles. The van der Waals surface area contributed by atoms with Crippen molar-refractivity contribution in [3.63, 3.8) is 0 Å². The van der Waals surface area contributed by atoms with E-state index in [-0.39, 0.29) is 24.6 Å². The van der Waals surface area contributed by atoms with Crippen molar-refractivity contribution in [1.82, 2.24) is 14.4 Å². The van der Waals surface area contributed by atoms with E-state index in [9.17, 15) is 14.7 Å². The summed E-state index contributed by atoms with van der Waals surface area (Å²) < 4.78 is 7.11. The highest BCUT2D eigenvalue weighted by atomic mass is 16.5. The third kappa shape index (κ3) is 4.29. The molecule has 1 amide bonds. The van der Waals surface area contributed by atoms with Crippen molar-refractivity contribution < 1.29 is 14.6 Å². The van der Waals surface area contributed by atoms with Gasteiger partial charge in [0.2, 0.25) is 0 Å². The molecule has 1 N–H and O–H groups in total. The number of likely N-dealkylation sites (tertiary alicyclic amines) is 1. The third-order valence-corrected chi connectivity index (χ3v) is 4.95. The molecule has 3 rings (SSSR count). The van der Waals surface area contributed by atoms with Crippen LogP contribution in [0.25, 0.3) is 0 Å². The molecule has 25 heavy (non-hydrogen) atoms. The molecule has 1 unspecified atom stereocenters. The molecule has 2 aliphatic heterocycles. The lowest BCUT2D eigenvalue weighted by Gasteiger charge is -2.34. The van der Waals surface area contributed by atoms with Gasteiger partial charge in [-0.05, 0) is 38.9 Å². The topological polar surface area (TPSA) is 75.0 Å². The number of carbonyl (C=O) groups is 1. The molecular formula is C18H27N3O4. The molecule has 3 heterocycles. The minimum Gasteiger partial charge on any atom is -0.384 e. The molecule has 2 aliphatic rings. The van der Waals surface area contributed by atoms with E-state index in [2.05, 4.69) is 4.90 Å². The van der Waals surface area contributed by atoms with Crippen molar-refractivity contribution in [2.24, 2.45) is 0 Å². The lowest BCUT2D eigenvalue weighted by Crippen LogP contribution is -2.53. The molecule has 7 nitrogen and oxygen atoms in total. The van der Waals surface area contributed by atoms with Crippen molar-refractivity contribution in [2.45, 2.75) is 31.9 Å². The molecule has 2 fully saturated rings. The molecule has 0 bridgehead atoms. The lowest BCUT2D eigenvalue weighted by atomic mass is 10.0. The van der Waals surface area contributed by atoms with E-state index in [0.717, 1.165) is 25.9 Å². The Bertz CT molecular complexity index is 669. The summed E-state index contributed by atoms with van der Waals surface area (Å²) in [6.45, 7) is 6.17. The zero-order valence-corrected chi connectivity index (χ0v) is 14.8. The van der Waals surface area contributed by atoms with Gasteiger partial charge in [-0.3, -0.25) is 9.59 Å². The fourth-order valence-corrected chi connectivity index (χ4v) is 3.63. The van der Waals surface area contributed by atoms with Crippen LogP contribution in [0.3, 0.4) is 0 Å². The Morgan fingerprint density at radius 2 is 2.08 bits per heavy atom. The summed E-state index contributed by atoms with van der Waals surface area (Å²) in [5.74, 6) is -0.231. The van der Waals surface area contributed by atoms with Gasteiger partial charge in [-0.1, -0.05) is 0 Å². The van der Waals surface area contributed by atoms with Crippen LogP contribution in [0.4, 0.5) is 0 Å². The first-order valence-corrected chi connectivity index (χ1v) is 9.03. The molecule has 138 valence electrons. The van der Waals surface area contributed by atoms with E-state index in [1.54, 1.807) is 21.7 Å². The highest BCUT2D eigenvalue weighted by molar-refractivity contribution is 5.94. The highest BCUT2D eigenvalue weighted by Crippen LogP contribution is 2.19. The first-order chi connectivity index (χ1) is 12.0. The van der Waals surface area contributed by atoms with Gasteiger partial charge >= 0.3 is 0 Å². The fourth-order valence-electron chi connectivity index (χ4n) is 3.63. The number of pyridine rings is 1. The van der Waals surface area contributed by atoms with Crippen molar-refractivity contribution >= 4 is 5.91 Å². The van der Waals surface area contributed by atoms with Gasteiger partial charge in [0, 0.05) is 37.5 Å². The van der Waals surface area contributed by atoms with E-state index in [1.807, 2.05) is 6.92 Å². The number of hydrogen-bond acceptors (Lipinski definition) is 5. The average Bonchev–Trinajstić information content (AvgIpc) is 3.01. The van der Waals surface area contributed by atoms with E-state index < -0.39 is 5.60 Å². The smallest absolute Gasteiger partial charge is 0.254 e. The van der Waals surface area contributed by atoms with Crippen LogP contribution in [0.15, 0.2) is 23.1 Å². The number of amides is 1. The van der Waals surface area contributed by atoms with Gasteiger partial charge in [0.25, 0.3) is 11.5 Å². The summed E-state index contributed by atoms with van der Waals surface area (Å²) in [5.41, 5.74) is -0.901. The number of aryl methyl sites for hydroxylation is 1. The Morgan fingerprint density at radius 1 is 1.32 bits per heavy atom. The summed E-state index contributed by atoms with van der Waals surface area (Å²) in [5, 5.41) is 11.0. The van der Waals surface area contributed by atoms with Crippen molar-refractivity contribution in [2.75, 3.05) is 45.9 Å². The molecule has 1 atom stereocenters. The molecular weight excluding hydrogens is 322 g/mol. The van der Waals surface area contributed by atoms with E-state index in [0.29, 0.717) is 31.8 Å². The lowest BCUT2D eigenvalue weighted by molar-refractivity contribution is -0.0524. The Kier molecular flexibility index (Phi) is 5.56. The monoisotopic (exact) mass is 349 g/mol. The van der Waals surface area contributed by atoms with E-state index in [1.165, 1.54) is 6.07 Å². The summed E-state index contributed by atoms with van der Waals surface area (Å²) in [7, 11) is 0. The van der Waals surface area contributed by atoms with Crippen LogP contribution < -0.4 is 5.56 Å².